The largest absolute Gasteiger partial charge is 0.493 e. The molecule has 0 aliphatic rings. The van der Waals surface area contributed by atoms with Crippen LogP contribution in [0.5, 0.6) is 11.5 Å². The maximum atomic E-state index is 6.13. The summed E-state index contributed by atoms with van der Waals surface area (Å²) in [5.74, 6) is 1.31. The molecule has 0 saturated carbocycles. The van der Waals surface area contributed by atoms with Crippen LogP contribution in [0.15, 0.2) is 24.5 Å². The monoisotopic (exact) mass is 278 g/mol. The van der Waals surface area contributed by atoms with Gasteiger partial charge in [-0.15, -0.1) is 0 Å². The summed E-state index contributed by atoms with van der Waals surface area (Å²) in [6, 6.07) is 5.67. The molecule has 4 nitrogen and oxygen atoms in total. The molecule has 0 amide bonds. The zero-order valence-electron chi connectivity index (χ0n) is 11.1. The molecule has 0 fully saturated rings. The summed E-state index contributed by atoms with van der Waals surface area (Å²) >= 11 is 6.13. The van der Waals surface area contributed by atoms with E-state index in [0.717, 1.165) is 23.2 Å². The van der Waals surface area contributed by atoms with Gasteiger partial charge in [-0.05, 0) is 18.6 Å². The van der Waals surface area contributed by atoms with E-state index in [1.54, 1.807) is 14.2 Å². The highest BCUT2D eigenvalue weighted by molar-refractivity contribution is 6.30. The number of rotatable bonds is 4. The molecule has 100 valence electrons. The molecular weight excluding hydrogens is 264 g/mol. The zero-order valence-corrected chi connectivity index (χ0v) is 11.9. The minimum Gasteiger partial charge on any atom is -0.493 e. The molecular formula is C14H15ClN2O2. The third-order valence-electron chi connectivity index (χ3n) is 2.90. The first kappa shape index (κ1) is 13.6. The zero-order chi connectivity index (χ0) is 13.8. The van der Waals surface area contributed by atoms with Gasteiger partial charge < -0.3 is 9.47 Å². The lowest BCUT2D eigenvalue weighted by Gasteiger charge is -2.14. The number of hydrogen-bond acceptors (Lipinski definition) is 4. The van der Waals surface area contributed by atoms with Crippen molar-refractivity contribution in [1.29, 1.82) is 0 Å². The molecule has 2 rings (SSSR count). The van der Waals surface area contributed by atoms with Gasteiger partial charge >= 0.3 is 0 Å². The highest BCUT2D eigenvalue weighted by atomic mass is 35.5. The second-order valence-electron chi connectivity index (χ2n) is 3.89. The Hall–Kier alpha value is -1.81. The SMILES string of the molecule is CCc1c(Cl)ncnc1-c1cccc(OC)c1OC. The van der Waals surface area contributed by atoms with E-state index in [1.807, 2.05) is 25.1 Å². The van der Waals surface area contributed by atoms with Crippen molar-refractivity contribution in [2.24, 2.45) is 0 Å². The third kappa shape index (κ3) is 2.49. The Labute approximate surface area is 117 Å². The number of nitrogens with zero attached hydrogens (tertiary/aromatic N) is 2. The number of benzene rings is 1. The van der Waals surface area contributed by atoms with E-state index >= 15 is 0 Å². The first-order chi connectivity index (χ1) is 9.22. The summed E-state index contributed by atoms with van der Waals surface area (Å²) in [5, 5.41) is 0.470. The smallest absolute Gasteiger partial charge is 0.170 e. The molecule has 19 heavy (non-hydrogen) atoms. The van der Waals surface area contributed by atoms with Gasteiger partial charge in [0.2, 0.25) is 0 Å². The van der Waals surface area contributed by atoms with Gasteiger partial charge in [0.25, 0.3) is 0 Å². The molecule has 0 aliphatic heterocycles. The maximum Gasteiger partial charge on any atom is 0.170 e. The van der Waals surface area contributed by atoms with Crippen molar-refractivity contribution in [3.63, 3.8) is 0 Å². The van der Waals surface area contributed by atoms with Crippen molar-refractivity contribution in [3.8, 4) is 22.8 Å². The van der Waals surface area contributed by atoms with Crippen molar-refractivity contribution < 1.29 is 9.47 Å². The van der Waals surface area contributed by atoms with Crippen molar-refractivity contribution in [1.82, 2.24) is 9.97 Å². The van der Waals surface area contributed by atoms with Crippen molar-refractivity contribution in [3.05, 3.63) is 35.2 Å². The molecule has 0 spiro atoms. The quantitative estimate of drug-likeness (QED) is 0.804. The molecule has 1 heterocycles. The Morgan fingerprint density at radius 1 is 1.16 bits per heavy atom. The lowest BCUT2D eigenvalue weighted by atomic mass is 10.0. The number of aromatic nitrogens is 2. The Kier molecular flexibility index (Phi) is 4.22. The van der Waals surface area contributed by atoms with Gasteiger partial charge in [-0.25, -0.2) is 9.97 Å². The number of halogens is 1. The van der Waals surface area contributed by atoms with E-state index in [1.165, 1.54) is 6.33 Å². The Bertz CT molecular complexity index is 588. The van der Waals surface area contributed by atoms with Crippen LogP contribution in [0, 0.1) is 0 Å². The second kappa shape index (κ2) is 5.89. The van der Waals surface area contributed by atoms with Crippen LogP contribution in [0.1, 0.15) is 12.5 Å². The Balaban J connectivity index is 2.68. The van der Waals surface area contributed by atoms with Crippen LogP contribution in [0.25, 0.3) is 11.3 Å². The molecule has 1 aromatic heterocycles. The van der Waals surface area contributed by atoms with E-state index in [9.17, 15) is 0 Å². The standard InChI is InChI=1S/C14H15ClN2O2/c1-4-9-12(16-8-17-14(9)15)10-6-5-7-11(18-2)13(10)19-3/h5-8H,4H2,1-3H3. The molecule has 0 bridgehead atoms. The third-order valence-corrected chi connectivity index (χ3v) is 3.23. The van der Waals surface area contributed by atoms with Gasteiger partial charge in [0.05, 0.1) is 19.9 Å². The van der Waals surface area contributed by atoms with E-state index in [-0.39, 0.29) is 0 Å². The fraction of sp³-hybridized carbons (Fsp3) is 0.286. The van der Waals surface area contributed by atoms with Crippen LogP contribution in [0.2, 0.25) is 5.15 Å². The average molecular weight is 279 g/mol. The molecule has 0 N–H and O–H groups in total. The van der Waals surface area contributed by atoms with Gasteiger partial charge in [-0.1, -0.05) is 24.6 Å². The molecule has 5 heteroatoms. The first-order valence-electron chi connectivity index (χ1n) is 5.93. The molecule has 2 aromatic rings. The lowest BCUT2D eigenvalue weighted by molar-refractivity contribution is 0.356. The van der Waals surface area contributed by atoms with Crippen LogP contribution in [0.4, 0.5) is 0 Å². The number of hydrogen-bond donors (Lipinski definition) is 0. The molecule has 0 atom stereocenters. The van der Waals surface area contributed by atoms with Gasteiger partial charge in [0, 0.05) is 11.1 Å². The molecule has 0 unspecified atom stereocenters. The van der Waals surface area contributed by atoms with Crippen LogP contribution in [0.3, 0.4) is 0 Å². The summed E-state index contributed by atoms with van der Waals surface area (Å²) in [4.78, 5) is 8.35. The maximum absolute atomic E-state index is 6.13. The molecule has 0 radical (unpaired) electrons. The van der Waals surface area contributed by atoms with E-state index in [2.05, 4.69) is 9.97 Å². The summed E-state index contributed by atoms with van der Waals surface area (Å²) in [5.41, 5.74) is 2.52. The van der Waals surface area contributed by atoms with Crippen LogP contribution >= 0.6 is 11.6 Å². The van der Waals surface area contributed by atoms with E-state index < -0.39 is 0 Å². The van der Waals surface area contributed by atoms with Crippen molar-refractivity contribution >= 4 is 11.6 Å². The van der Waals surface area contributed by atoms with Crippen molar-refractivity contribution in [2.75, 3.05) is 14.2 Å². The normalized spacial score (nSPS) is 10.3. The summed E-state index contributed by atoms with van der Waals surface area (Å²) in [6.45, 7) is 2.01. The number of methoxy groups -OCH3 is 2. The Morgan fingerprint density at radius 2 is 1.95 bits per heavy atom. The van der Waals surface area contributed by atoms with Crippen LogP contribution < -0.4 is 9.47 Å². The topological polar surface area (TPSA) is 44.2 Å². The molecule has 1 aromatic carbocycles. The summed E-state index contributed by atoms with van der Waals surface area (Å²) in [7, 11) is 3.21. The van der Waals surface area contributed by atoms with Crippen LogP contribution in [-0.2, 0) is 6.42 Å². The minimum atomic E-state index is 0.470. The first-order valence-corrected chi connectivity index (χ1v) is 6.31. The van der Waals surface area contributed by atoms with Gasteiger partial charge in [0.15, 0.2) is 11.5 Å². The average Bonchev–Trinajstić information content (AvgIpc) is 2.45. The second-order valence-corrected chi connectivity index (χ2v) is 4.24. The lowest BCUT2D eigenvalue weighted by Crippen LogP contribution is -1.99. The van der Waals surface area contributed by atoms with Gasteiger partial charge in [-0.3, -0.25) is 0 Å². The van der Waals surface area contributed by atoms with Crippen LogP contribution in [-0.4, -0.2) is 24.2 Å². The number of ether oxygens (including phenoxy) is 2. The highest BCUT2D eigenvalue weighted by Crippen LogP contribution is 2.39. The van der Waals surface area contributed by atoms with Gasteiger partial charge in [-0.2, -0.15) is 0 Å². The number of para-hydroxylation sites is 1. The summed E-state index contributed by atoms with van der Waals surface area (Å²) in [6.07, 6.45) is 2.20. The fourth-order valence-electron chi connectivity index (χ4n) is 2.01. The van der Waals surface area contributed by atoms with E-state index in [0.29, 0.717) is 16.7 Å². The predicted molar refractivity (Wildman–Crippen MR) is 75.0 cm³/mol. The highest BCUT2D eigenvalue weighted by Gasteiger charge is 2.17. The van der Waals surface area contributed by atoms with E-state index in [4.69, 9.17) is 21.1 Å². The van der Waals surface area contributed by atoms with Crippen molar-refractivity contribution in [2.45, 2.75) is 13.3 Å². The minimum absolute atomic E-state index is 0.470. The summed E-state index contributed by atoms with van der Waals surface area (Å²) < 4.78 is 10.7. The molecule has 0 aliphatic carbocycles. The molecule has 0 saturated heterocycles. The predicted octanol–water partition coefficient (Wildman–Crippen LogP) is 3.38. The Morgan fingerprint density at radius 3 is 2.58 bits per heavy atom. The fourth-order valence-corrected chi connectivity index (χ4v) is 2.28. The van der Waals surface area contributed by atoms with Gasteiger partial charge in [0.1, 0.15) is 11.5 Å².